The van der Waals surface area contributed by atoms with Crippen LogP contribution in [-0.2, 0) is 6.54 Å². The van der Waals surface area contributed by atoms with E-state index in [9.17, 15) is 9.90 Å². The molecule has 0 aliphatic carbocycles. The molecule has 0 atom stereocenters. The Morgan fingerprint density at radius 1 is 1.25 bits per heavy atom. The van der Waals surface area contributed by atoms with E-state index in [0.29, 0.717) is 12.1 Å². The Bertz CT molecular complexity index is 629. The minimum Gasteiger partial charge on any atom is -0.507 e. The van der Waals surface area contributed by atoms with Crippen molar-refractivity contribution in [1.82, 2.24) is 5.32 Å². The second kappa shape index (κ2) is 6.71. The maximum Gasteiger partial charge on any atom is 0.255 e. The van der Waals surface area contributed by atoms with Crippen molar-refractivity contribution in [3.8, 4) is 5.75 Å². The molecule has 0 unspecified atom stereocenters. The quantitative estimate of drug-likeness (QED) is 0.713. The van der Waals surface area contributed by atoms with E-state index in [1.54, 1.807) is 12.1 Å². The minimum atomic E-state index is -0.236. The molecule has 5 heteroatoms. The van der Waals surface area contributed by atoms with Crippen LogP contribution in [0.15, 0.2) is 42.5 Å². The zero-order valence-electron chi connectivity index (χ0n) is 11.0. The van der Waals surface area contributed by atoms with Crippen LogP contribution in [0.1, 0.15) is 15.9 Å². The molecule has 0 saturated carbocycles. The van der Waals surface area contributed by atoms with Gasteiger partial charge in [0.05, 0.1) is 3.57 Å². The van der Waals surface area contributed by atoms with Crippen LogP contribution in [0.3, 0.4) is 0 Å². The lowest BCUT2D eigenvalue weighted by atomic mass is 10.1. The number of hydrogen-bond acceptors (Lipinski definition) is 3. The first-order valence-electron chi connectivity index (χ1n) is 6.14. The van der Waals surface area contributed by atoms with Crippen molar-refractivity contribution in [3.63, 3.8) is 0 Å². The molecule has 20 heavy (non-hydrogen) atoms. The average molecular weight is 382 g/mol. The fraction of sp³-hybridized carbons (Fsp3) is 0.133. The summed E-state index contributed by atoms with van der Waals surface area (Å²) >= 11 is 2.01. The van der Waals surface area contributed by atoms with E-state index < -0.39 is 0 Å². The third-order valence-electron chi connectivity index (χ3n) is 2.84. The number of carbonyl (C=O) groups is 1. The number of hydrogen-bond donors (Lipinski definition) is 3. The number of halogens is 1. The lowest BCUT2D eigenvalue weighted by Crippen LogP contribution is -2.15. The summed E-state index contributed by atoms with van der Waals surface area (Å²) in [6.07, 6.45) is 0. The van der Waals surface area contributed by atoms with Gasteiger partial charge in [-0.1, -0.05) is 18.2 Å². The van der Waals surface area contributed by atoms with Crippen LogP contribution in [0.5, 0.6) is 5.75 Å². The number of phenolic OH excluding ortho intramolecular Hbond substituents is 1. The normalized spacial score (nSPS) is 10.3. The summed E-state index contributed by atoms with van der Waals surface area (Å²) in [5.41, 5.74) is 2.21. The lowest BCUT2D eigenvalue weighted by molar-refractivity contribution is 0.102. The zero-order chi connectivity index (χ0) is 14.5. The second-order valence-electron chi connectivity index (χ2n) is 4.31. The number of carbonyl (C=O) groups excluding carboxylic acids is 1. The SMILES string of the molecule is CNCc1ccccc1NC(=O)c1ccc(I)c(O)c1. The summed E-state index contributed by atoms with van der Waals surface area (Å²) in [5, 5.41) is 15.6. The van der Waals surface area contributed by atoms with E-state index in [2.05, 4.69) is 10.6 Å². The van der Waals surface area contributed by atoms with Crippen molar-refractivity contribution < 1.29 is 9.90 Å². The monoisotopic (exact) mass is 382 g/mol. The summed E-state index contributed by atoms with van der Waals surface area (Å²) in [7, 11) is 1.86. The van der Waals surface area contributed by atoms with Crippen molar-refractivity contribution in [3.05, 3.63) is 57.2 Å². The van der Waals surface area contributed by atoms with Crippen molar-refractivity contribution in [2.75, 3.05) is 12.4 Å². The number of rotatable bonds is 4. The first-order valence-corrected chi connectivity index (χ1v) is 7.22. The van der Waals surface area contributed by atoms with Gasteiger partial charge in [0.15, 0.2) is 0 Å². The van der Waals surface area contributed by atoms with Gasteiger partial charge in [0.2, 0.25) is 0 Å². The van der Waals surface area contributed by atoms with Gasteiger partial charge in [-0.3, -0.25) is 4.79 Å². The number of benzene rings is 2. The molecule has 0 spiro atoms. The van der Waals surface area contributed by atoms with Gasteiger partial charge >= 0.3 is 0 Å². The highest BCUT2D eigenvalue weighted by Gasteiger charge is 2.10. The van der Waals surface area contributed by atoms with Crippen molar-refractivity contribution in [1.29, 1.82) is 0 Å². The Morgan fingerprint density at radius 2 is 2.00 bits per heavy atom. The molecular weight excluding hydrogens is 367 g/mol. The third-order valence-corrected chi connectivity index (χ3v) is 3.75. The largest absolute Gasteiger partial charge is 0.507 e. The van der Waals surface area contributed by atoms with Crippen LogP contribution in [-0.4, -0.2) is 18.1 Å². The Labute approximate surface area is 131 Å². The zero-order valence-corrected chi connectivity index (χ0v) is 13.1. The Kier molecular flexibility index (Phi) is 4.97. The molecule has 0 aromatic heterocycles. The Morgan fingerprint density at radius 3 is 2.70 bits per heavy atom. The number of anilines is 1. The Hall–Kier alpha value is -1.60. The summed E-state index contributed by atoms with van der Waals surface area (Å²) in [6, 6.07) is 12.5. The van der Waals surface area contributed by atoms with E-state index in [0.717, 1.165) is 14.8 Å². The van der Waals surface area contributed by atoms with Crippen molar-refractivity contribution in [2.45, 2.75) is 6.54 Å². The smallest absolute Gasteiger partial charge is 0.255 e. The second-order valence-corrected chi connectivity index (χ2v) is 5.47. The number of aromatic hydroxyl groups is 1. The summed E-state index contributed by atoms with van der Waals surface area (Å²) in [6.45, 7) is 0.675. The van der Waals surface area contributed by atoms with Gasteiger partial charge in [-0.25, -0.2) is 0 Å². The molecule has 4 nitrogen and oxygen atoms in total. The van der Waals surface area contributed by atoms with Gasteiger partial charge in [-0.05, 0) is 59.5 Å². The maximum atomic E-state index is 12.2. The molecule has 2 aromatic carbocycles. The lowest BCUT2D eigenvalue weighted by Gasteiger charge is -2.11. The molecule has 3 N–H and O–H groups in total. The van der Waals surface area contributed by atoms with E-state index in [1.165, 1.54) is 6.07 Å². The van der Waals surface area contributed by atoms with Gasteiger partial charge in [-0.15, -0.1) is 0 Å². The molecule has 2 rings (SSSR count). The number of amides is 1. The highest BCUT2D eigenvalue weighted by atomic mass is 127. The van der Waals surface area contributed by atoms with Gasteiger partial charge in [0.1, 0.15) is 5.75 Å². The molecule has 0 heterocycles. The maximum absolute atomic E-state index is 12.2. The highest BCUT2D eigenvalue weighted by Crippen LogP contribution is 2.22. The molecule has 2 aromatic rings. The first-order chi connectivity index (χ1) is 9.61. The summed E-state index contributed by atoms with van der Waals surface area (Å²) in [5.74, 6) is -0.123. The molecular formula is C15H15IN2O2. The highest BCUT2D eigenvalue weighted by molar-refractivity contribution is 14.1. The van der Waals surface area contributed by atoms with Crippen molar-refractivity contribution in [2.24, 2.45) is 0 Å². The van der Waals surface area contributed by atoms with E-state index in [1.807, 2.05) is 53.9 Å². The Balaban J connectivity index is 2.21. The molecule has 104 valence electrons. The van der Waals surface area contributed by atoms with Crippen LogP contribution in [0, 0.1) is 3.57 Å². The molecule has 0 bridgehead atoms. The molecule has 0 saturated heterocycles. The fourth-order valence-electron chi connectivity index (χ4n) is 1.84. The van der Waals surface area contributed by atoms with Crippen LogP contribution < -0.4 is 10.6 Å². The van der Waals surface area contributed by atoms with Gasteiger partial charge in [-0.2, -0.15) is 0 Å². The predicted molar refractivity (Wildman–Crippen MR) is 88.0 cm³/mol. The van der Waals surface area contributed by atoms with Gasteiger partial charge in [0.25, 0.3) is 5.91 Å². The fourth-order valence-corrected chi connectivity index (χ4v) is 2.17. The van der Waals surface area contributed by atoms with Crippen LogP contribution in [0.25, 0.3) is 0 Å². The van der Waals surface area contributed by atoms with Crippen LogP contribution in [0.2, 0.25) is 0 Å². The topological polar surface area (TPSA) is 61.4 Å². The van der Waals surface area contributed by atoms with E-state index >= 15 is 0 Å². The van der Waals surface area contributed by atoms with Crippen molar-refractivity contribution >= 4 is 34.2 Å². The molecule has 1 amide bonds. The predicted octanol–water partition coefficient (Wildman–Crippen LogP) is 2.97. The van der Waals surface area contributed by atoms with E-state index in [4.69, 9.17) is 0 Å². The number of phenols is 1. The number of para-hydroxylation sites is 1. The molecule has 0 aliphatic rings. The summed E-state index contributed by atoms with van der Waals surface area (Å²) < 4.78 is 0.717. The number of nitrogens with one attached hydrogen (secondary N) is 2. The molecule has 0 radical (unpaired) electrons. The molecule has 0 aliphatic heterocycles. The average Bonchev–Trinajstić information content (AvgIpc) is 2.44. The summed E-state index contributed by atoms with van der Waals surface area (Å²) in [4.78, 5) is 12.2. The first kappa shape index (κ1) is 14.8. The van der Waals surface area contributed by atoms with E-state index in [-0.39, 0.29) is 11.7 Å². The van der Waals surface area contributed by atoms with Gasteiger partial charge < -0.3 is 15.7 Å². The minimum absolute atomic E-state index is 0.113. The van der Waals surface area contributed by atoms with Gasteiger partial charge in [0, 0.05) is 17.8 Å². The standard InChI is InChI=1S/C15H15IN2O2/c1-17-9-11-4-2-3-5-13(11)18-15(20)10-6-7-12(16)14(19)8-10/h2-8,17,19H,9H2,1H3,(H,18,20). The van der Waals surface area contributed by atoms with Crippen LogP contribution in [0.4, 0.5) is 5.69 Å². The molecule has 0 fully saturated rings. The third kappa shape index (κ3) is 3.49. The van der Waals surface area contributed by atoms with Crippen LogP contribution >= 0.6 is 22.6 Å².